The molecule has 3 amide bonds. The van der Waals surface area contributed by atoms with Gasteiger partial charge in [-0.05, 0) is 61.0 Å². The van der Waals surface area contributed by atoms with Crippen molar-refractivity contribution in [1.82, 2.24) is 9.80 Å². The summed E-state index contributed by atoms with van der Waals surface area (Å²) >= 11 is 14.1. The van der Waals surface area contributed by atoms with E-state index in [-0.39, 0.29) is 12.5 Å². The van der Waals surface area contributed by atoms with Gasteiger partial charge in [0.25, 0.3) is 0 Å². The Bertz CT molecular complexity index is 1220. The largest absolute Gasteiger partial charge is 0.493 e. The van der Waals surface area contributed by atoms with Gasteiger partial charge in [0.15, 0.2) is 11.5 Å². The van der Waals surface area contributed by atoms with E-state index in [1.165, 1.54) is 4.90 Å². The predicted octanol–water partition coefficient (Wildman–Crippen LogP) is 6.60. The Kier molecular flexibility index (Phi) is 12.9. The van der Waals surface area contributed by atoms with Crippen LogP contribution in [0.4, 0.5) is 10.5 Å². The number of hydrogen-bond donors (Lipinski definition) is 1. The van der Waals surface area contributed by atoms with Crippen molar-refractivity contribution in [1.29, 1.82) is 0 Å². The van der Waals surface area contributed by atoms with E-state index in [1.54, 1.807) is 48.7 Å². The number of nitrogens with one attached hydrogen (secondary N) is 1. The lowest BCUT2D eigenvalue weighted by molar-refractivity contribution is -0.132. The lowest BCUT2D eigenvalue weighted by atomic mass is 10.1. The Morgan fingerprint density at radius 2 is 1.70 bits per heavy atom. The van der Waals surface area contributed by atoms with Crippen LogP contribution in [0.3, 0.4) is 0 Å². The highest BCUT2D eigenvalue weighted by atomic mass is 35.5. The van der Waals surface area contributed by atoms with E-state index in [0.717, 1.165) is 10.4 Å². The van der Waals surface area contributed by atoms with Crippen LogP contribution in [-0.2, 0) is 22.5 Å². The fraction of sp³-hybridized carbons (Fsp3) is 0.379. The first-order chi connectivity index (χ1) is 19.4. The number of thiophene rings is 1. The highest BCUT2D eigenvalue weighted by molar-refractivity contribution is 7.09. The smallest absolute Gasteiger partial charge is 0.322 e. The predicted molar refractivity (Wildman–Crippen MR) is 161 cm³/mol. The van der Waals surface area contributed by atoms with Crippen LogP contribution < -0.4 is 14.8 Å². The average Bonchev–Trinajstić information content (AvgIpc) is 3.47. The van der Waals surface area contributed by atoms with Crippen molar-refractivity contribution in [2.45, 2.75) is 26.3 Å². The number of methoxy groups -OCH3 is 2. The Morgan fingerprint density at radius 1 is 0.950 bits per heavy atom. The number of rotatable bonds is 15. The van der Waals surface area contributed by atoms with Gasteiger partial charge in [0, 0.05) is 31.2 Å². The minimum Gasteiger partial charge on any atom is -0.493 e. The summed E-state index contributed by atoms with van der Waals surface area (Å²) in [6.07, 6.45) is 1.17. The summed E-state index contributed by atoms with van der Waals surface area (Å²) in [5, 5.41) is 5.39. The number of ether oxygens (including phenoxy) is 3. The molecule has 3 rings (SSSR count). The van der Waals surface area contributed by atoms with Crippen molar-refractivity contribution < 1.29 is 23.8 Å². The highest BCUT2D eigenvalue weighted by Gasteiger charge is 2.23. The quantitative estimate of drug-likeness (QED) is 0.197. The topological polar surface area (TPSA) is 80.3 Å². The molecule has 1 aromatic heterocycles. The molecule has 0 atom stereocenters. The van der Waals surface area contributed by atoms with Crippen molar-refractivity contribution in [3.8, 4) is 11.5 Å². The number of nitrogens with zero attached hydrogens (tertiary/aromatic N) is 2. The summed E-state index contributed by atoms with van der Waals surface area (Å²) in [5.41, 5.74) is 1.31. The molecule has 11 heteroatoms. The minimum atomic E-state index is -0.462. The maximum atomic E-state index is 13.7. The molecule has 40 heavy (non-hydrogen) atoms. The molecule has 0 spiro atoms. The SMILES string of the molecule is CCOCCCN(CC(=O)N(CCc1ccc(OC)c(OC)c1)Cc1cccs1)C(=O)Nc1c(Cl)cccc1Cl. The van der Waals surface area contributed by atoms with Crippen LogP contribution in [0.25, 0.3) is 0 Å². The fourth-order valence-corrected chi connectivity index (χ4v) is 5.21. The van der Waals surface area contributed by atoms with Crippen molar-refractivity contribution in [2.75, 3.05) is 52.4 Å². The number of halogens is 2. The fourth-order valence-electron chi connectivity index (χ4n) is 4.00. The molecule has 1 N–H and O–H groups in total. The second-order valence-corrected chi connectivity index (χ2v) is 10.7. The molecule has 0 saturated heterocycles. The Balaban J connectivity index is 1.77. The molecule has 8 nitrogen and oxygen atoms in total. The average molecular weight is 609 g/mol. The molecule has 0 aliphatic rings. The number of amides is 3. The number of benzene rings is 2. The second kappa shape index (κ2) is 16.3. The van der Waals surface area contributed by atoms with Gasteiger partial charge in [0.2, 0.25) is 5.91 Å². The van der Waals surface area contributed by atoms with Crippen LogP contribution in [-0.4, -0.2) is 68.8 Å². The molecule has 0 radical (unpaired) electrons. The van der Waals surface area contributed by atoms with Crippen molar-refractivity contribution >= 4 is 52.2 Å². The van der Waals surface area contributed by atoms with E-state index in [9.17, 15) is 9.59 Å². The number of hydrogen-bond acceptors (Lipinski definition) is 6. The zero-order valence-electron chi connectivity index (χ0n) is 23.0. The highest BCUT2D eigenvalue weighted by Crippen LogP contribution is 2.30. The third-order valence-electron chi connectivity index (χ3n) is 6.13. The van der Waals surface area contributed by atoms with Crippen molar-refractivity contribution in [2.24, 2.45) is 0 Å². The molecular weight excluding hydrogens is 573 g/mol. The zero-order valence-corrected chi connectivity index (χ0v) is 25.3. The van der Waals surface area contributed by atoms with Crippen LogP contribution >= 0.6 is 34.5 Å². The number of para-hydroxylation sites is 1. The Labute approximate surface area is 249 Å². The molecule has 3 aromatic rings. The Morgan fingerprint density at radius 3 is 2.35 bits per heavy atom. The number of anilines is 1. The van der Waals surface area contributed by atoms with Crippen LogP contribution in [0.2, 0.25) is 10.0 Å². The second-order valence-electron chi connectivity index (χ2n) is 8.83. The molecule has 0 bridgehead atoms. The molecule has 0 aliphatic heterocycles. The first-order valence-electron chi connectivity index (χ1n) is 12.9. The maximum absolute atomic E-state index is 13.7. The van der Waals surface area contributed by atoms with E-state index in [4.69, 9.17) is 37.4 Å². The molecular formula is C29H35Cl2N3O5S. The molecule has 0 aliphatic carbocycles. The number of carbonyl (C=O) groups excluding carboxylic acids is 2. The minimum absolute atomic E-state index is 0.114. The zero-order chi connectivity index (χ0) is 28.9. The lowest BCUT2D eigenvalue weighted by Gasteiger charge is -2.28. The molecule has 0 saturated carbocycles. The normalized spacial score (nSPS) is 10.7. The third-order valence-corrected chi connectivity index (χ3v) is 7.62. The first-order valence-corrected chi connectivity index (χ1v) is 14.6. The van der Waals surface area contributed by atoms with Gasteiger partial charge >= 0.3 is 6.03 Å². The summed E-state index contributed by atoms with van der Waals surface area (Å²) in [5.74, 6) is 1.10. The van der Waals surface area contributed by atoms with Gasteiger partial charge < -0.3 is 29.3 Å². The summed E-state index contributed by atoms with van der Waals surface area (Å²) in [4.78, 5) is 31.3. The van der Waals surface area contributed by atoms with E-state index in [0.29, 0.717) is 72.9 Å². The molecule has 0 fully saturated rings. The maximum Gasteiger partial charge on any atom is 0.322 e. The van der Waals surface area contributed by atoms with Crippen LogP contribution in [0.5, 0.6) is 11.5 Å². The van der Waals surface area contributed by atoms with Gasteiger partial charge in [-0.2, -0.15) is 0 Å². The summed E-state index contributed by atoms with van der Waals surface area (Å²) in [7, 11) is 3.18. The van der Waals surface area contributed by atoms with Gasteiger partial charge in [0.05, 0.1) is 36.5 Å². The number of carbonyl (C=O) groups is 2. The monoisotopic (exact) mass is 607 g/mol. The van der Waals surface area contributed by atoms with E-state index in [2.05, 4.69) is 5.32 Å². The van der Waals surface area contributed by atoms with Gasteiger partial charge in [0.1, 0.15) is 6.54 Å². The molecule has 2 aromatic carbocycles. The first kappa shape index (κ1) is 31.5. The van der Waals surface area contributed by atoms with Crippen LogP contribution in [0, 0.1) is 0 Å². The molecule has 1 heterocycles. The molecule has 0 unspecified atom stereocenters. The van der Waals surface area contributed by atoms with Gasteiger partial charge in [-0.25, -0.2) is 4.79 Å². The van der Waals surface area contributed by atoms with Gasteiger partial charge in [-0.15, -0.1) is 11.3 Å². The third kappa shape index (κ3) is 9.30. The lowest BCUT2D eigenvalue weighted by Crippen LogP contribution is -2.45. The van der Waals surface area contributed by atoms with Gasteiger partial charge in [-0.1, -0.05) is 41.4 Å². The van der Waals surface area contributed by atoms with Crippen molar-refractivity contribution in [3.05, 3.63) is 74.4 Å². The Hall–Kier alpha value is -2.98. The standard InChI is InChI=1S/C29H35Cl2N3O5S/c1-4-39-16-7-14-34(29(36)32-28-23(30)9-5-10-24(28)31)20-27(35)33(19-22-8-6-17-40-22)15-13-21-11-12-25(37-2)26(18-21)38-3/h5-6,8-12,17-18H,4,7,13-16,19-20H2,1-3H3,(H,32,36). The summed E-state index contributed by atoms with van der Waals surface area (Å²) in [6, 6.07) is 14.2. The number of urea groups is 1. The summed E-state index contributed by atoms with van der Waals surface area (Å²) in [6.45, 7) is 4.06. The van der Waals surface area contributed by atoms with Crippen molar-refractivity contribution in [3.63, 3.8) is 0 Å². The van der Waals surface area contributed by atoms with Crippen LogP contribution in [0.15, 0.2) is 53.9 Å². The van der Waals surface area contributed by atoms with Crippen LogP contribution in [0.1, 0.15) is 23.8 Å². The van der Waals surface area contributed by atoms with E-state index >= 15 is 0 Å². The summed E-state index contributed by atoms with van der Waals surface area (Å²) < 4.78 is 16.2. The van der Waals surface area contributed by atoms with E-state index in [1.807, 2.05) is 42.6 Å². The molecule has 216 valence electrons. The van der Waals surface area contributed by atoms with Gasteiger partial charge in [-0.3, -0.25) is 4.79 Å². The van der Waals surface area contributed by atoms with E-state index < -0.39 is 6.03 Å².